The van der Waals surface area contributed by atoms with E-state index in [0.29, 0.717) is 0 Å². The molecule has 0 fully saturated rings. The van der Waals surface area contributed by atoms with E-state index in [1.807, 2.05) is 23.5 Å². The molecule has 0 bridgehead atoms. The van der Waals surface area contributed by atoms with Crippen LogP contribution >= 0.6 is 11.3 Å². The lowest BCUT2D eigenvalue weighted by Gasteiger charge is -2.04. The van der Waals surface area contributed by atoms with Crippen LogP contribution in [0.4, 0.5) is 0 Å². The van der Waals surface area contributed by atoms with Crippen LogP contribution < -0.4 is 4.57 Å². The van der Waals surface area contributed by atoms with Crippen molar-refractivity contribution in [2.75, 3.05) is 0 Å². The van der Waals surface area contributed by atoms with Crippen molar-refractivity contribution in [1.29, 1.82) is 0 Å². The topological polar surface area (TPSA) is 21.4 Å². The molecular weight excluding hydrogens is 352 g/mol. The van der Waals surface area contributed by atoms with Crippen molar-refractivity contribution in [1.82, 2.24) is 4.40 Å². The van der Waals surface area contributed by atoms with Crippen LogP contribution in [0.3, 0.4) is 0 Å². The summed E-state index contributed by atoms with van der Waals surface area (Å²) in [5.41, 5.74) is 5.51. The maximum absolute atomic E-state index is 6.36. The number of aromatic nitrogens is 2. The molecule has 0 aliphatic carbocycles. The minimum atomic E-state index is 0.935. The third kappa shape index (κ3) is 1.93. The standard InChI is InChI=1S/C23H17N2OS/c1-14-11-12-16-15-7-3-5-9-18(15)26-22(16)21(14)23-24(2)13-20-25(23)17-8-4-6-10-19(17)27-20/h3-13H,1-2H3/q+1. The molecule has 27 heavy (non-hydrogen) atoms. The van der Waals surface area contributed by atoms with Crippen molar-refractivity contribution in [2.45, 2.75) is 6.92 Å². The number of thiazole rings is 1. The Morgan fingerprint density at radius 3 is 2.67 bits per heavy atom. The van der Waals surface area contributed by atoms with E-state index < -0.39 is 0 Å². The quantitative estimate of drug-likeness (QED) is 0.333. The summed E-state index contributed by atoms with van der Waals surface area (Å²) in [5.74, 6) is 1.16. The molecule has 0 radical (unpaired) electrons. The first-order chi connectivity index (χ1) is 13.2. The molecular formula is C23H17N2OS+. The second-order valence-corrected chi connectivity index (χ2v) is 8.10. The van der Waals surface area contributed by atoms with E-state index in [-0.39, 0.29) is 0 Å². The van der Waals surface area contributed by atoms with Gasteiger partial charge in [0.15, 0.2) is 11.1 Å². The molecule has 0 saturated carbocycles. The van der Waals surface area contributed by atoms with Crippen LogP contribution in [-0.4, -0.2) is 4.40 Å². The Kier molecular flexibility index (Phi) is 2.89. The summed E-state index contributed by atoms with van der Waals surface area (Å²) in [7, 11) is 2.12. The van der Waals surface area contributed by atoms with E-state index in [4.69, 9.17) is 4.42 Å². The average molecular weight is 369 g/mol. The van der Waals surface area contributed by atoms with Crippen LogP contribution in [0.2, 0.25) is 0 Å². The van der Waals surface area contributed by atoms with Gasteiger partial charge in [-0.3, -0.25) is 0 Å². The van der Waals surface area contributed by atoms with E-state index >= 15 is 0 Å². The van der Waals surface area contributed by atoms with Crippen molar-refractivity contribution in [2.24, 2.45) is 7.05 Å². The Hall–Kier alpha value is -3.11. The molecule has 0 N–H and O–H groups in total. The molecule has 0 aliphatic heterocycles. The van der Waals surface area contributed by atoms with Crippen molar-refractivity contribution in [3.05, 3.63) is 72.4 Å². The highest BCUT2D eigenvalue weighted by atomic mass is 32.1. The van der Waals surface area contributed by atoms with E-state index in [1.54, 1.807) is 0 Å². The fraction of sp³-hybridized carbons (Fsp3) is 0.0870. The van der Waals surface area contributed by atoms with Gasteiger partial charge in [0, 0.05) is 10.8 Å². The summed E-state index contributed by atoms with van der Waals surface area (Å²) in [5, 5.41) is 2.33. The fourth-order valence-electron chi connectivity index (χ4n) is 4.15. The number of para-hydroxylation sites is 2. The first kappa shape index (κ1) is 15.0. The zero-order valence-electron chi connectivity index (χ0n) is 15.1. The average Bonchev–Trinajstić information content (AvgIpc) is 3.31. The fourth-order valence-corrected chi connectivity index (χ4v) is 5.27. The number of rotatable bonds is 1. The van der Waals surface area contributed by atoms with Crippen LogP contribution in [0, 0.1) is 6.92 Å². The third-order valence-electron chi connectivity index (χ3n) is 5.37. The first-order valence-electron chi connectivity index (χ1n) is 9.02. The molecule has 0 atom stereocenters. The molecule has 3 aromatic carbocycles. The summed E-state index contributed by atoms with van der Waals surface area (Å²) in [6.07, 6.45) is 2.21. The molecule has 0 spiro atoms. The molecule has 3 aromatic heterocycles. The van der Waals surface area contributed by atoms with E-state index in [1.165, 1.54) is 31.4 Å². The number of furan rings is 1. The van der Waals surface area contributed by atoms with Crippen molar-refractivity contribution >= 4 is 48.3 Å². The Bertz CT molecular complexity index is 1500. The van der Waals surface area contributed by atoms with Gasteiger partial charge in [0.25, 0.3) is 5.82 Å². The van der Waals surface area contributed by atoms with E-state index in [0.717, 1.165) is 22.6 Å². The summed E-state index contributed by atoms with van der Waals surface area (Å²) in [6, 6.07) is 21.2. The largest absolute Gasteiger partial charge is 0.455 e. The van der Waals surface area contributed by atoms with Gasteiger partial charge in [0.1, 0.15) is 17.3 Å². The van der Waals surface area contributed by atoms with Crippen LogP contribution in [0.5, 0.6) is 0 Å². The highest BCUT2D eigenvalue weighted by molar-refractivity contribution is 7.23. The molecule has 0 aliphatic rings. The summed E-state index contributed by atoms with van der Waals surface area (Å²) < 4.78 is 12.2. The zero-order valence-corrected chi connectivity index (χ0v) is 15.9. The molecule has 3 heterocycles. The van der Waals surface area contributed by atoms with Crippen LogP contribution in [0.15, 0.2) is 71.3 Å². The Morgan fingerprint density at radius 2 is 1.74 bits per heavy atom. The highest BCUT2D eigenvalue weighted by Crippen LogP contribution is 2.39. The van der Waals surface area contributed by atoms with Gasteiger partial charge >= 0.3 is 0 Å². The van der Waals surface area contributed by atoms with E-state index in [2.05, 4.69) is 77.7 Å². The molecule has 6 aromatic rings. The van der Waals surface area contributed by atoms with Crippen LogP contribution in [-0.2, 0) is 7.05 Å². The SMILES string of the molecule is Cc1ccc2c(oc3ccccc32)c1-c1n2c(c[n+]1C)sc1ccccc12. The van der Waals surface area contributed by atoms with Gasteiger partial charge in [-0.1, -0.05) is 53.8 Å². The van der Waals surface area contributed by atoms with Gasteiger partial charge in [-0.15, -0.1) is 0 Å². The number of fused-ring (bicyclic) bond motifs is 6. The summed E-state index contributed by atoms with van der Waals surface area (Å²) in [6.45, 7) is 2.16. The number of aryl methyl sites for hydroxylation is 2. The van der Waals surface area contributed by atoms with Gasteiger partial charge < -0.3 is 4.42 Å². The number of nitrogens with zero attached hydrogens (tertiary/aromatic N) is 2. The van der Waals surface area contributed by atoms with Gasteiger partial charge in [0.05, 0.1) is 11.7 Å². The summed E-state index contributed by atoms with van der Waals surface area (Å²) in [4.78, 5) is 1.24. The maximum atomic E-state index is 6.36. The monoisotopic (exact) mass is 369 g/mol. The predicted octanol–water partition coefficient (Wildman–Crippen LogP) is 5.85. The Labute approximate surface area is 159 Å². The lowest BCUT2D eigenvalue weighted by Crippen LogP contribution is -2.28. The van der Waals surface area contributed by atoms with Crippen LogP contribution in [0.1, 0.15) is 5.56 Å². The molecule has 0 saturated heterocycles. The number of hydrogen-bond acceptors (Lipinski definition) is 2. The van der Waals surface area contributed by atoms with Crippen molar-refractivity contribution in [3.8, 4) is 11.4 Å². The molecule has 0 unspecified atom stereocenters. The number of hydrogen-bond donors (Lipinski definition) is 0. The Balaban J connectivity index is 1.83. The minimum Gasteiger partial charge on any atom is -0.455 e. The molecule has 6 rings (SSSR count). The Morgan fingerprint density at radius 1 is 0.926 bits per heavy atom. The van der Waals surface area contributed by atoms with Gasteiger partial charge in [-0.05, 0) is 30.7 Å². The van der Waals surface area contributed by atoms with Crippen molar-refractivity contribution in [3.63, 3.8) is 0 Å². The lowest BCUT2D eigenvalue weighted by atomic mass is 10.0. The molecule has 130 valence electrons. The highest BCUT2D eigenvalue weighted by Gasteiger charge is 2.27. The molecule has 0 amide bonds. The van der Waals surface area contributed by atoms with Gasteiger partial charge in [-0.25, -0.2) is 4.57 Å². The van der Waals surface area contributed by atoms with Crippen LogP contribution in [0.25, 0.3) is 48.4 Å². The van der Waals surface area contributed by atoms with Crippen molar-refractivity contribution < 1.29 is 8.98 Å². The summed E-state index contributed by atoms with van der Waals surface area (Å²) >= 11 is 1.82. The van der Waals surface area contributed by atoms with Gasteiger partial charge in [-0.2, -0.15) is 4.40 Å². The first-order valence-corrected chi connectivity index (χ1v) is 9.84. The molecule has 4 heteroatoms. The normalized spacial score (nSPS) is 12.1. The second-order valence-electron chi connectivity index (χ2n) is 7.04. The number of imidazole rings is 1. The van der Waals surface area contributed by atoms with Gasteiger partial charge in [0.2, 0.25) is 4.83 Å². The minimum absolute atomic E-state index is 0.935. The zero-order chi connectivity index (χ0) is 18.1. The predicted molar refractivity (Wildman–Crippen MR) is 111 cm³/mol. The smallest absolute Gasteiger partial charge is 0.299 e. The maximum Gasteiger partial charge on any atom is 0.299 e. The second kappa shape index (κ2) is 5.21. The number of benzene rings is 3. The lowest BCUT2D eigenvalue weighted by molar-refractivity contribution is -0.658. The third-order valence-corrected chi connectivity index (χ3v) is 6.43. The van der Waals surface area contributed by atoms with E-state index in [9.17, 15) is 0 Å². The molecule has 3 nitrogen and oxygen atoms in total.